The van der Waals surface area contributed by atoms with Gasteiger partial charge in [-0.3, -0.25) is 5.10 Å². The number of nitrogens with one attached hydrogen (secondary N) is 1. The number of hydrogen-bond acceptors (Lipinski definition) is 2. The van der Waals surface area contributed by atoms with E-state index < -0.39 is 0 Å². The van der Waals surface area contributed by atoms with E-state index in [-0.39, 0.29) is 0 Å². The van der Waals surface area contributed by atoms with Gasteiger partial charge >= 0.3 is 0 Å². The van der Waals surface area contributed by atoms with E-state index in [0.29, 0.717) is 11.5 Å². The van der Waals surface area contributed by atoms with Crippen molar-refractivity contribution in [1.29, 1.82) is 0 Å². The van der Waals surface area contributed by atoms with Gasteiger partial charge in [0.2, 0.25) is 0 Å². The maximum absolute atomic E-state index is 5.19. The van der Waals surface area contributed by atoms with E-state index in [0.717, 1.165) is 4.77 Å². The first kappa shape index (κ1) is 9.90. The maximum Gasteiger partial charge on any atom is 0.195 e. The van der Waals surface area contributed by atoms with E-state index in [2.05, 4.69) is 28.6 Å². The Morgan fingerprint density at radius 2 is 2.43 bits per heavy atom. The number of hydrogen-bond donors (Lipinski definition) is 1. The highest BCUT2D eigenvalue weighted by molar-refractivity contribution is 7.71. The molecule has 78 valence electrons. The van der Waals surface area contributed by atoms with E-state index in [4.69, 9.17) is 12.2 Å². The summed E-state index contributed by atoms with van der Waals surface area (Å²) < 4.78 is 2.86. The fourth-order valence-electron chi connectivity index (χ4n) is 2.41. The van der Waals surface area contributed by atoms with Crippen LogP contribution in [0.4, 0.5) is 0 Å². The summed E-state index contributed by atoms with van der Waals surface area (Å²) in [6.45, 7) is 4.67. The quantitative estimate of drug-likeness (QED) is 0.724. The molecule has 0 radical (unpaired) electrons. The van der Waals surface area contributed by atoms with Crippen LogP contribution in [0.2, 0.25) is 0 Å². The number of H-pyrrole nitrogens is 1. The Morgan fingerprint density at radius 1 is 1.64 bits per heavy atom. The number of nitrogens with zero attached hydrogens (tertiary/aromatic N) is 2. The Hall–Kier alpha value is -0.640. The van der Waals surface area contributed by atoms with Gasteiger partial charge in [-0.15, -0.1) is 0 Å². The van der Waals surface area contributed by atoms with Crippen LogP contribution in [0.15, 0.2) is 6.33 Å². The second-order valence-corrected chi connectivity index (χ2v) is 5.37. The third kappa shape index (κ3) is 1.90. The standard InChI is InChI=1S/C10H17N3S/c1-10(2)5-3-4-8(6-10)13-7-11-12-9(13)14/h7-8H,3-6H2,1-2H3,(H,12,14). The van der Waals surface area contributed by atoms with Gasteiger partial charge in [0, 0.05) is 6.04 Å². The Labute approximate surface area is 89.5 Å². The molecule has 1 atom stereocenters. The SMILES string of the molecule is CC1(C)CCCC(n2cn[nH]c2=S)C1. The predicted octanol–water partition coefficient (Wildman–Crippen LogP) is 3.08. The van der Waals surface area contributed by atoms with Crippen LogP contribution in [0.3, 0.4) is 0 Å². The minimum absolute atomic E-state index is 0.453. The van der Waals surface area contributed by atoms with E-state index >= 15 is 0 Å². The molecule has 4 heteroatoms. The molecule has 1 aromatic heterocycles. The van der Waals surface area contributed by atoms with Crippen LogP contribution < -0.4 is 0 Å². The third-order valence-corrected chi connectivity index (χ3v) is 3.45. The molecular weight excluding hydrogens is 194 g/mol. The summed E-state index contributed by atoms with van der Waals surface area (Å²) >= 11 is 5.19. The minimum Gasteiger partial charge on any atom is -0.304 e. The second-order valence-electron chi connectivity index (χ2n) is 4.98. The van der Waals surface area contributed by atoms with Gasteiger partial charge in [0.1, 0.15) is 6.33 Å². The fraction of sp³-hybridized carbons (Fsp3) is 0.800. The normalized spacial score (nSPS) is 26.3. The monoisotopic (exact) mass is 211 g/mol. The van der Waals surface area contributed by atoms with Crippen molar-refractivity contribution in [3.8, 4) is 0 Å². The van der Waals surface area contributed by atoms with Gasteiger partial charge < -0.3 is 4.57 Å². The first-order valence-electron chi connectivity index (χ1n) is 5.20. The molecule has 1 unspecified atom stereocenters. The molecule has 0 amide bonds. The van der Waals surface area contributed by atoms with Gasteiger partial charge in [-0.25, -0.2) is 0 Å². The van der Waals surface area contributed by atoms with Gasteiger partial charge in [0.15, 0.2) is 4.77 Å². The summed E-state index contributed by atoms with van der Waals surface area (Å²) in [5.41, 5.74) is 0.453. The van der Waals surface area contributed by atoms with Crippen LogP contribution in [-0.2, 0) is 0 Å². The van der Waals surface area contributed by atoms with E-state index in [9.17, 15) is 0 Å². The van der Waals surface area contributed by atoms with Gasteiger partial charge in [0.25, 0.3) is 0 Å². The zero-order valence-electron chi connectivity index (χ0n) is 8.79. The molecule has 0 saturated heterocycles. The lowest BCUT2D eigenvalue weighted by Gasteiger charge is -2.35. The highest BCUT2D eigenvalue weighted by atomic mass is 32.1. The lowest BCUT2D eigenvalue weighted by atomic mass is 9.75. The van der Waals surface area contributed by atoms with Crippen LogP contribution in [0.5, 0.6) is 0 Å². The molecule has 0 bridgehead atoms. The summed E-state index contributed by atoms with van der Waals surface area (Å²) in [4.78, 5) is 0. The first-order valence-corrected chi connectivity index (χ1v) is 5.61. The zero-order chi connectivity index (χ0) is 10.2. The van der Waals surface area contributed by atoms with E-state index in [1.807, 2.05) is 6.33 Å². The van der Waals surface area contributed by atoms with Crippen LogP contribution in [0.1, 0.15) is 45.6 Å². The Kier molecular flexibility index (Phi) is 2.47. The van der Waals surface area contributed by atoms with Crippen LogP contribution >= 0.6 is 12.2 Å². The lowest BCUT2D eigenvalue weighted by Crippen LogP contribution is -2.24. The van der Waals surface area contributed by atoms with Gasteiger partial charge in [-0.1, -0.05) is 20.3 Å². The molecule has 1 aromatic rings. The Morgan fingerprint density at radius 3 is 3.00 bits per heavy atom. The summed E-state index contributed by atoms with van der Waals surface area (Å²) in [6, 6.07) is 0.546. The summed E-state index contributed by atoms with van der Waals surface area (Å²) in [5.74, 6) is 0. The van der Waals surface area contributed by atoms with Crippen molar-refractivity contribution in [3.05, 3.63) is 11.1 Å². The van der Waals surface area contributed by atoms with Gasteiger partial charge in [0.05, 0.1) is 0 Å². The predicted molar refractivity (Wildman–Crippen MR) is 58.7 cm³/mol. The van der Waals surface area contributed by atoms with Crippen molar-refractivity contribution in [2.45, 2.75) is 45.6 Å². The molecule has 1 aliphatic rings. The van der Waals surface area contributed by atoms with E-state index in [1.54, 1.807) is 0 Å². The first-order chi connectivity index (χ1) is 6.58. The van der Waals surface area contributed by atoms with Crippen molar-refractivity contribution >= 4 is 12.2 Å². The molecule has 1 aliphatic carbocycles. The van der Waals surface area contributed by atoms with Crippen LogP contribution in [-0.4, -0.2) is 14.8 Å². The van der Waals surface area contributed by atoms with Crippen molar-refractivity contribution in [2.24, 2.45) is 5.41 Å². The van der Waals surface area contributed by atoms with Crippen molar-refractivity contribution in [1.82, 2.24) is 14.8 Å². The molecule has 0 aromatic carbocycles. The van der Waals surface area contributed by atoms with Crippen molar-refractivity contribution in [3.63, 3.8) is 0 Å². The van der Waals surface area contributed by atoms with Gasteiger partial charge in [-0.2, -0.15) is 5.10 Å². The molecular formula is C10H17N3S. The average molecular weight is 211 g/mol. The number of aromatic amines is 1. The smallest absolute Gasteiger partial charge is 0.195 e. The fourth-order valence-corrected chi connectivity index (χ4v) is 2.66. The highest BCUT2D eigenvalue weighted by Crippen LogP contribution is 2.40. The topological polar surface area (TPSA) is 33.6 Å². The maximum atomic E-state index is 5.19. The number of aromatic nitrogens is 3. The Balaban J connectivity index is 2.20. The summed E-state index contributed by atoms with van der Waals surface area (Å²) in [5, 5.41) is 6.80. The van der Waals surface area contributed by atoms with Crippen LogP contribution in [0, 0.1) is 10.2 Å². The molecule has 14 heavy (non-hydrogen) atoms. The molecule has 2 rings (SSSR count). The zero-order valence-corrected chi connectivity index (χ0v) is 9.60. The summed E-state index contributed by atoms with van der Waals surface area (Å²) in [7, 11) is 0. The Bertz CT molecular complexity index is 363. The largest absolute Gasteiger partial charge is 0.304 e. The molecule has 1 heterocycles. The van der Waals surface area contributed by atoms with Crippen molar-refractivity contribution < 1.29 is 0 Å². The van der Waals surface area contributed by atoms with E-state index in [1.165, 1.54) is 25.7 Å². The molecule has 0 spiro atoms. The minimum atomic E-state index is 0.453. The number of rotatable bonds is 1. The highest BCUT2D eigenvalue weighted by Gasteiger charge is 2.29. The van der Waals surface area contributed by atoms with Crippen LogP contribution in [0.25, 0.3) is 0 Å². The second kappa shape index (κ2) is 3.50. The molecule has 1 saturated carbocycles. The molecule has 1 N–H and O–H groups in total. The average Bonchev–Trinajstić information content (AvgIpc) is 2.49. The van der Waals surface area contributed by atoms with Gasteiger partial charge in [-0.05, 0) is 36.9 Å². The lowest BCUT2D eigenvalue weighted by molar-refractivity contribution is 0.182. The summed E-state index contributed by atoms with van der Waals surface area (Å²) in [6.07, 6.45) is 6.89. The molecule has 3 nitrogen and oxygen atoms in total. The third-order valence-electron chi connectivity index (χ3n) is 3.15. The van der Waals surface area contributed by atoms with Crippen molar-refractivity contribution in [2.75, 3.05) is 0 Å². The molecule has 0 aliphatic heterocycles. The molecule has 1 fully saturated rings.